The van der Waals surface area contributed by atoms with E-state index in [1.807, 2.05) is 0 Å². The third kappa shape index (κ3) is 4.27. The van der Waals surface area contributed by atoms with Crippen molar-refractivity contribution in [2.75, 3.05) is 5.32 Å². The molecule has 0 fully saturated rings. The second kappa shape index (κ2) is 7.52. The molecule has 0 heterocycles. The number of phenols is 2. The van der Waals surface area contributed by atoms with Gasteiger partial charge in [0.2, 0.25) is 0 Å². The van der Waals surface area contributed by atoms with Gasteiger partial charge in [-0.05, 0) is 43.7 Å². The van der Waals surface area contributed by atoms with E-state index in [4.69, 9.17) is 4.74 Å². The molecule has 1 amide bonds. The minimum atomic E-state index is -1.25. The zero-order valence-corrected chi connectivity index (χ0v) is 14.9. The van der Waals surface area contributed by atoms with Crippen LogP contribution < -0.4 is 5.32 Å². The van der Waals surface area contributed by atoms with Crippen LogP contribution in [0.1, 0.15) is 22.8 Å². The SMILES string of the molecule is Cc1ccc(C(=O)OC(C)C(=O)Nc2ccc(Br)cc2F)c(O)c1O. The van der Waals surface area contributed by atoms with Crippen LogP contribution in [-0.2, 0) is 9.53 Å². The molecule has 3 N–H and O–H groups in total. The number of aryl methyl sites for hydroxylation is 1. The Morgan fingerprint density at radius 2 is 1.88 bits per heavy atom. The minimum absolute atomic E-state index is 0.0630. The lowest BCUT2D eigenvalue weighted by Gasteiger charge is -2.15. The highest BCUT2D eigenvalue weighted by Crippen LogP contribution is 2.32. The van der Waals surface area contributed by atoms with E-state index in [0.29, 0.717) is 10.0 Å². The summed E-state index contributed by atoms with van der Waals surface area (Å²) in [4.78, 5) is 24.1. The summed E-state index contributed by atoms with van der Waals surface area (Å²) < 4.78 is 19.2. The highest BCUT2D eigenvalue weighted by atomic mass is 79.9. The summed E-state index contributed by atoms with van der Waals surface area (Å²) in [6.07, 6.45) is -1.25. The topological polar surface area (TPSA) is 95.9 Å². The molecular weight excluding hydrogens is 397 g/mol. The van der Waals surface area contributed by atoms with Gasteiger partial charge in [-0.15, -0.1) is 0 Å². The van der Waals surface area contributed by atoms with Crippen LogP contribution in [0.25, 0.3) is 0 Å². The molecule has 2 aromatic rings. The normalized spacial score (nSPS) is 11.7. The van der Waals surface area contributed by atoms with Crippen LogP contribution in [0.5, 0.6) is 11.5 Å². The molecule has 0 bridgehead atoms. The van der Waals surface area contributed by atoms with Crippen LogP contribution in [0.4, 0.5) is 10.1 Å². The molecule has 0 aromatic heterocycles. The summed E-state index contributed by atoms with van der Waals surface area (Å²) in [5, 5.41) is 21.7. The fourth-order valence-electron chi connectivity index (χ4n) is 1.95. The minimum Gasteiger partial charge on any atom is -0.504 e. The number of benzene rings is 2. The second-order valence-corrected chi connectivity index (χ2v) is 6.20. The lowest BCUT2D eigenvalue weighted by atomic mass is 10.1. The van der Waals surface area contributed by atoms with Crippen molar-refractivity contribution < 1.29 is 28.9 Å². The van der Waals surface area contributed by atoms with Crippen molar-refractivity contribution in [2.24, 2.45) is 0 Å². The van der Waals surface area contributed by atoms with Crippen molar-refractivity contribution >= 4 is 33.5 Å². The van der Waals surface area contributed by atoms with Gasteiger partial charge in [0, 0.05) is 4.47 Å². The molecule has 0 radical (unpaired) electrons. The highest BCUT2D eigenvalue weighted by molar-refractivity contribution is 9.10. The molecule has 0 saturated heterocycles. The number of esters is 1. The van der Waals surface area contributed by atoms with Crippen LogP contribution in [0, 0.1) is 12.7 Å². The lowest BCUT2D eigenvalue weighted by molar-refractivity contribution is -0.123. The van der Waals surface area contributed by atoms with Crippen molar-refractivity contribution in [1.82, 2.24) is 0 Å². The predicted molar refractivity (Wildman–Crippen MR) is 92.1 cm³/mol. The number of amides is 1. The highest BCUT2D eigenvalue weighted by Gasteiger charge is 2.23. The number of ether oxygens (including phenoxy) is 1. The van der Waals surface area contributed by atoms with E-state index in [1.165, 1.54) is 31.2 Å². The van der Waals surface area contributed by atoms with Crippen molar-refractivity contribution in [1.29, 1.82) is 0 Å². The molecule has 1 unspecified atom stereocenters. The molecule has 6 nitrogen and oxygen atoms in total. The predicted octanol–water partition coefficient (Wildman–Crippen LogP) is 3.49. The zero-order valence-electron chi connectivity index (χ0n) is 13.3. The molecule has 1 atom stereocenters. The van der Waals surface area contributed by atoms with Crippen LogP contribution in [0.2, 0.25) is 0 Å². The summed E-state index contributed by atoms with van der Waals surface area (Å²) in [7, 11) is 0. The first-order valence-corrected chi connectivity index (χ1v) is 7.98. The number of carbonyl (C=O) groups excluding carboxylic acids is 2. The first-order valence-electron chi connectivity index (χ1n) is 7.19. The van der Waals surface area contributed by atoms with Crippen molar-refractivity contribution in [3.63, 3.8) is 0 Å². The second-order valence-electron chi connectivity index (χ2n) is 5.29. The van der Waals surface area contributed by atoms with Gasteiger partial charge in [0.05, 0.1) is 5.69 Å². The van der Waals surface area contributed by atoms with E-state index in [-0.39, 0.29) is 11.3 Å². The Morgan fingerprint density at radius 1 is 1.20 bits per heavy atom. The maximum absolute atomic E-state index is 13.7. The van der Waals surface area contributed by atoms with E-state index in [0.717, 1.165) is 0 Å². The number of phenolic OH excluding ortho intramolecular Hbond substituents is 2. The van der Waals surface area contributed by atoms with Crippen LogP contribution in [-0.4, -0.2) is 28.2 Å². The van der Waals surface area contributed by atoms with Gasteiger partial charge in [0.25, 0.3) is 5.91 Å². The smallest absolute Gasteiger partial charge is 0.342 e. The van der Waals surface area contributed by atoms with Crippen LogP contribution in [0.3, 0.4) is 0 Å². The van der Waals surface area contributed by atoms with Gasteiger partial charge in [0.15, 0.2) is 17.6 Å². The molecule has 0 spiro atoms. The Kier molecular flexibility index (Phi) is 5.63. The largest absolute Gasteiger partial charge is 0.504 e. The Balaban J connectivity index is 2.08. The van der Waals surface area contributed by atoms with Crippen molar-refractivity contribution in [3.05, 3.63) is 51.7 Å². The Hall–Kier alpha value is -2.61. The fraction of sp³-hybridized carbons (Fsp3) is 0.176. The molecule has 8 heteroatoms. The number of hydrogen-bond acceptors (Lipinski definition) is 5. The quantitative estimate of drug-likeness (QED) is 0.528. The van der Waals surface area contributed by atoms with Gasteiger partial charge in [-0.25, -0.2) is 9.18 Å². The summed E-state index contributed by atoms with van der Waals surface area (Å²) in [5.41, 5.74) is 0.0371. The summed E-state index contributed by atoms with van der Waals surface area (Å²) >= 11 is 3.10. The van der Waals surface area contributed by atoms with E-state index < -0.39 is 35.3 Å². The van der Waals surface area contributed by atoms with Gasteiger partial charge in [-0.2, -0.15) is 0 Å². The molecule has 0 aliphatic heterocycles. The number of nitrogens with one attached hydrogen (secondary N) is 1. The molecular formula is C17H15BrFNO5. The standard InChI is InChI=1S/C17H15BrFNO5/c1-8-3-5-11(15(22)14(8)21)17(24)25-9(2)16(23)20-13-6-4-10(18)7-12(13)19/h3-7,9,21-22H,1-2H3,(H,20,23). The maximum Gasteiger partial charge on any atom is 0.342 e. The van der Waals surface area contributed by atoms with Crippen LogP contribution in [0.15, 0.2) is 34.8 Å². The molecule has 0 aliphatic carbocycles. The molecule has 0 saturated carbocycles. The molecule has 2 aromatic carbocycles. The van der Waals surface area contributed by atoms with Gasteiger partial charge in [0.1, 0.15) is 11.4 Å². The zero-order chi connectivity index (χ0) is 18.7. The first kappa shape index (κ1) is 18.7. The molecule has 2 rings (SSSR count). The monoisotopic (exact) mass is 411 g/mol. The summed E-state index contributed by atoms with van der Waals surface area (Å²) in [5.74, 6) is -3.46. The number of carbonyl (C=O) groups is 2. The number of hydrogen-bond donors (Lipinski definition) is 3. The van der Waals surface area contributed by atoms with Gasteiger partial charge in [-0.1, -0.05) is 22.0 Å². The lowest BCUT2D eigenvalue weighted by Crippen LogP contribution is -2.30. The van der Waals surface area contributed by atoms with E-state index in [2.05, 4.69) is 21.2 Å². The fourth-order valence-corrected chi connectivity index (χ4v) is 2.28. The Labute approximate surface area is 151 Å². The Morgan fingerprint density at radius 3 is 2.52 bits per heavy atom. The summed E-state index contributed by atoms with van der Waals surface area (Å²) in [6, 6.07) is 6.77. The van der Waals surface area contributed by atoms with Crippen molar-refractivity contribution in [2.45, 2.75) is 20.0 Å². The first-order chi connectivity index (χ1) is 11.7. The summed E-state index contributed by atoms with van der Waals surface area (Å²) in [6.45, 7) is 2.85. The Bertz CT molecular complexity index is 840. The van der Waals surface area contributed by atoms with Gasteiger partial charge in [-0.3, -0.25) is 4.79 Å². The average Bonchev–Trinajstić information content (AvgIpc) is 2.55. The molecule has 25 heavy (non-hydrogen) atoms. The van der Waals surface area contributed by atoms with E-state index in [9.17, 15) is 24.2 Å². The number of rotatable bonds is 4. The van der Waals surface area contributed by atoms with E-state index >= 15 is 0 Å². The number of anilines is 1. The molecule has 132 valence electrons. The average molecular weight is 412 g/mol. The van der Waals surface area contributed by atoms with E-state index in [1.54, 1.807) is 13.0 Å². The number of aromatic hydroxyl groups is 2. The molecule has 0 aliphatic rings. The number of halogens is 2. The van der Waals surface area contributed by atoms with Crippen molar-refractivity contribution in [3.8, 4) is 11.5 Å². The third-order valence-electron chi connectivity index (χ3n) is 3.41. The van der Waals surface area contributed by atoms with Gasteiger partial charge < -0.3 is 20.3 Å². The van der Waals surface area contributed by atoms with Crippen LogP contribution >= 0.6 is 15.9 Å². The van der Waals surface area contributed by atoms with Gasteiger partial charge >= 0.3 is 5.97 Å². The maximum atomic E-state index is 13.7. The third-order valence-corrected chi connectivity index (χ3v) is 3.91.